The molecule has 0 radical (unpaired) electrons. The molecule has 1 aromatic carbocycles. The van der Waals surface area contributed by atoms with E-state index in [2.05, 4.69) is 4.74 Å². The van der Waals surface area contributed by atoms with Gasteiger partial charge in [-0.2, -0.15) is 15.8 Å². The van der Waals surface area contributed by atoms with Crippen LogP contribution in [0.25, 0.3) is 0 Å². The molecule has 0 spiro atoms. The Morgan fingerprint density at radius 3 is 2.14 bits per heavy atom. The standard InChI is InChI=1S/C16H13N3O3/c1-21-12-5-3-11(4-6-12)13-7-15(8-17,14(20)22-2)16(13,9-18)10-19/h3-6,13H,7H2,1-2H3/t13-,15-/m0/s1. The molecule has 0 aliphatic heterocycles. The molecule has 0 saturated heterocycles. The molecule has 0 unspecified atom stereocenters. The summed E-state index contributed by atoms with van der Waals surface area (Å²) in [5.41, 5.74) is -2.81. The van der Waals surface area contributed by atoms with Gasteiger partial charge in [-0.1, -0.05) is 12.1 Å². The molecule has 22 heavy (non-hydrogen) atoms. The predicted molar refractivity (Wildman–Crippen MR) is 74.1 cm³/mol. The van der Waals surface area contributed by atoms with Crippen molar-refractivity contribution in [3.05, 3.63) is 29.8 Å². The minimum absolute atomic E-state index is 0.0730. The summed E-state index contributed by atoms with van der Waals surface area (Å²) in [6, 6.07) is 12.5. The van der Waals surface area contributed by atoms with Crippen LogP contribution in [0.3, 0.4) is 0 Å². The van der Waals surface area contributed by atoms with Gasteiger partial charge < -0.3 is 9.47 Å². The Morgan fingerprint density at radius 1 is 1.14 bits per heavy atom. The van der Waals surface area contributed by atoms with Crippen molar-refractivity contribution in [2.45, 2.75) is 12.3 Å². The van der Waals surface area contributed by atoms with Crippen molar-refractivity contribution >= 4 is 5.97 Å². The summed E-state index contributed by atoms with van der Waals surface area (Å²) in [7, 11) is 2.67. The lowest BCUT2D eigenvalue weighted by molar-refractivity contribution is -0.162. The number of rotatable bonds is 3. The topological polar surface area (TPSA) is 107 Å². The molecule has 0 amide bonds. The van der Waals surface area contributed by atoms with E-state index >= 15 is 0 Å². The first-order valence-corrected chi connectivity index (χ1v) is 6.51. The molecule has 110 valence electrons. The minimum atomic E-state index is -1.76. The highest BCUT2D eigenvalue weighted by atomic mass is 16.5. The van der Waals surface area contributed by atoms with Gasteiger partial charge in [0.1, 0.15) is 5.75 Å². The molecule has 1 saturated carbocycles. The van der Waals surface area contributed by atoms with Crippen molar-refractivity contribution in [2.75, 3.05) is 14.2 Å². The van der Waals surface area contributed by atoms with Crippen molar-refractivity contribution in [3.63, 3.8) is 0 Å². The fraction of sp³-hybridized carbons (Fsp3) is 0.375. The molecule has 0 heterocycles. The number of esters is 1. The lowest BCUT2D eigenvalue weighted by Crippen LogP contribution is -2.59. The first kappa shape index (κ1) is 15.4. The summed E-state index contributed by atoms with van der Waals surface area (Å²) in [4.78, 5) is 12.0. The lowest BCUT2D eigenvalue weighted by atomic mass is 9.43. The van der Waals surface area contributed by atoms with Gasteiger partial charge in [0, 0.05) is 5.92 Å². The van der Waals surface area contributed by atoms with E-state index in [1.165, 1.54) is 7.11 Å². The maximum atomic E-state index is 12.0. The quantitative estimate of drug-likeness (QED) is 0.788. The first-order chi connectivity index (χ1) is 10.5. The molecule has 6 heteroatoms. The van der Waals surface area contributed by atoms with Gasteiger partial charge in [-0.3, -0.25) is 4.79 Å². The van der Waals surface area contributed by atoms with Gasteiger partial charge in [0.2, 0.25) is 0 Å². The zero-order valence-corrected chi connectivity index (χ0v) is 12.2. The molecule has 2 rings (SSSR count). The molecule has 1 aromatic rings. The second kappa shape index (κ2) is 5.39. The zero-order chi connectivity index (χ0) is 16.4. The highest BCUT2D eigenvalue weighted by Gasteiger charge is 2.73. The molecule has 1 fully saturated rings. The third-order valence-corrected chi connectivity index (χ3v) is 4.30. The van der Waals surface area contributed by atoms with E-state index in [0.29, 0.717) is 11.3 Å². The number of carbonyl (C=O) groups excluding carboxylic acids is 1. The fourth-order valence-corrected chi connectivity index (χ4v) is 2.96. The van der Waals surface area contributed by atoms with Crippen LogP contribution in [-0.2, 0) is 9.53 Å². The van der Waals surface area contributed by atoms with E-state index < -0.39 is 22.7 Å². The number of carbonyl (C=O) groups is 1. The summed E-state index contributed by atoms with van der Waals surface area (Å²) >= 11 is 0. The number of benzene rings is 1. The predicted octanol–water partition coefficient (Wildman–Crippen LogP) is 1.90. The summed E-state index contributed by atoms with van der Waals surface area (Å²) < 4.78 is 9.71. The third-order valence-electron chi connectivity index (χ3n) is 4.30. The van der Waals surface area contributed by atoms with Crippen LogP contribution in [-0.4, -0.2) is 20.2 Å². The Bertz CT molecular complexity index is 707. The highest BCUT2D eigenvalue weighted by molar-refractivity contribution is 5.85. The normalized spacial score (nSPS) is 24.8. The monoisotopic (exact) mass is 295 g/mol. The van der Waals surface area contributed by atoms with Crippen LogP contribution in [0.1, 0.15) is 17.9 Å². The lowest BCUT2D eigenvalue weighted by Gasteiger charge is -2.50. The number of hydrogen-bond donors (Lipinski definition) is 0. The second-order valence-electron chi connectivity index (χ2n) is 5.07. The summed E-state index contributed by atoms with van der Waals surface area (Å²) in [6.07, 6.45) is 0.0730. The summed E-state index contributed by atoms with van der Waals surface area (Å²) in [5.74, 6) is -0.739. The average molecular weight is 295 g/mol. The molecule has 0 bridgehead atoms. The Hall–Kier alpha value is -3.04. The summed E-state index contributed by atoms with van der Waals surface area (Å²) in [6.45, 7) is 0. The van der Waals surface area contributed by atoms with Crippen LogP contribution in [0.4, 0.5) is 0 Å². The smallest absolute Gasteiger partial charge is 0.329 e. The van der Waals surface area contributed by atoms with E-state index in [-0.39, 0.29) is 6.42 Å². The van der Waals surface area contributed by atoms with Crippen molar-refractivity contribution in [1.82, 2.24) is 0 Å². The SMILES string of the molecule is COC(=O)[C@@]1(C#N)C[C@@H](c2ccc(OC)cc2)C1(C#N)C#N. The van der Waals surface area contributed by atoms with E-state index in [4.69, 9.17) is 4.74 Å². The molecular formula is C16H13N3O3. The number of nitriles is 3. The minimum Gasteiger partial charge on any atom is -0.497 e. The second-order valence-corrected chi connectivity index (χ2v) is 5.07. The van der Waals surface area contributed by atoms with Crippen LogP contribution in [0.15, 0.2) is 24.3 Å². The van der Waals surface area contributed by atoms with Crippen LogP contribution in [0, 0.1) is 44.8 Å². The van der Waals surface area contributed by atoms with E-state index in [1.807, 2.05) is 18.2 Å². The molecule has 2 atom stereocenters. The van der Waals surface area contributed by atoms with Crippen LogP contribution < -0.4 is 4.74 Å². The van der Waals surface area contributed by atoms with E-state index in [9.17, 15) is 20.6 Å². The summed E-state index contributed by atoms with van der Waals surface area (Å²) in [5, 5.41) is 28.5. The van der Waals surface area contributed by atoms with Gasteiger partial charge in [-0.25, -0.2) is 0 Å². The zero-order valence-electron chi connectivity index (χ0n) is 12.2. The van der Waals surface area contributed by atoms with Gasteiger partial charge in [-0.15, -0.1) is 0 Å². The highest BCUT2D eigenvalue weighted by Crippen LogP contribution is 2.64. The Morgan fingerprint density at radius 2 is 1.73 bits per heavy atom. The Labute approximate surface area is 128 Å². The molecule has 0 aromatic heterocycles. The fourth-order valence-electron chi connectivity index (χ4n) is 2.96. The maximum absolute atomic E-state index is 12.0. The molecule has 6 nitrogen and oxygen atoms in total. The molecule has 1 aliphatic rings. The Balaban J connectivity index is 2.49. The number of ether oxygens (including phenoxy) is 2. The number of hydrogen-bond acceptors (Lipinski definition) is 6. The largest absolute Gasteiger partial charge is 0.497 e. The molecule has 1 aliphatic carbocycles. The Kier molecular flexibility index (Phi) is 3.76. The van der Waals surface area contributed by atoms with Gasteiger partial charge in [-0.05, 0) is 24.1 Å². The van der Waals surface area contributed by atoms with Gasteiger partial charge in [0.15, 0.2) is 10.8 Å². The van der Waals surface area contributed by atoms with Crippen molar-refractivity contribution < 1.29 is 14.3 Å². The van der Waals surface area contributed by atoms with E-state index in [1.54, 1.807) is 24.3 Å². The molecule has 0 N–H and O–H groups in total. The van der Waals surface area contributed by atoms with Crippen molar-refractivity contribution in [1.29, 1.82) is 15.8 Å². The molecular weight excluding hydrogens is 282 g/mol. The van der Waals surface area contributed by atoms with Gasteiger partial charge in [0.25, 0.3) is 0 Å². The van der Waals surface area contributed by atoms with Gasteiger partial charge >= 0.3 is 5.97 Å². The van der Waals surface area contributed by atoms with Crippen molar-refractivity contribution in [2.24, 2.45) is 10.8 Å². The van der Waals surface area contributed by atoms with Crippen LogP contribution in [0.2, 0.25) is 0 Å². The number of methoxy groups -OCH3 is 2. The average Bonchev–Trinajstić information content (AvgIpc) is 2.56. The maximum Gasteiger partial charge on any atom is 0.329 e. The van der Waals surface area contributed by atoms with Crippen LogP contribution in [0.5, 0.6) is 5.75 Å². The van der Waals surface area contributed by atoms with E-state index in [0.717, 1.165) is 7.11 Å². The number of nitrogens with zero attached hydrogens (tertiary/aromatic N) is 3. The van der Waals surface area contributed by atoms with Crippen molar-refractivity contribution in [3.8, 4) is 24.0 Å². The first-order valence-electron chi connectivity index (χ1n) is 6.51. The van der Waals surface area contributed by atoms with Gasteiger partial charge in [0.05, 0.1) is 32.4 Å². The third kappa shape index (κ3) is 1.73. The van der Waals surface area contributed by atoms with Crippen LogP contribution >= 0.6 is 0 Å².